The number of carbonyl (C=O) groups is 2. The number of methoxy groups -OCH3 is 1. The zero-order valence-corrected chi connectivity index (χ0v) is 18.6. The normalized spacial score (nSPS) is 11.6. The lowest BCUT2D eigenvalue weighted by molar-refractivity contribution is -0.134. The van der Waals surface area contributed by atoms with Crippen molar-refractivity contribution in [3.8, 4) is 11.5 Å². The molecule has 0 aliphatic carbocycles. The van der Waals surface area contributed by atoms with Crippen LogP contribution in [0.15, 0.2) is 24.3 Å². The van der Waals surface area contributed by atoms with E-state index < -0.39 is 58.9 Å². The summed E-state index contributed by atoms with van der Waals surface area (Å²) in [5, 5.41) is 0.577. The Kier molecular flexibility index (Phi) is 6.85. The Morgan fingerprint density at radius 3 is 2.06 bits per heavy atom. The van der Waals surface area contributed by atoms with Crippen LogP contribution >= 0.6 is 0 Å². The van der Waals surface area contributed by atoms with E-state index in [4.69, 9.17) is 9.47 Å². The summed E-state index contributed by atoms with van der Waals surface area (Å²) >= 11 is 0. The van der Waals surface area contributed by atoms with Gasteiger partial charge in [0.25, 0.3) is 0 Å². The molecule has 0 amide bonds. The topological polar surface area (TPSA) is 66.8 Å². The Morgan fingerprint density at radius 2 is 1.50 bits per heavy atom. The second kappa shape index (κ2) is 9.32. The maximum absolute atomic E-state index is 13.8. The van der Waals surface area contributed by atoms with Gasteiger partial charge in [0.15, 0.2) is 0 Å². The molecule has 6 nitrogen and oxygen atoms in total. The minimum absolute atomic E-state index is 0.176. The number of ether oxygens (including phenoxy) is 3. The third kappa shape index (κ3) is 4.97. The summed E-state index contributed by atoms with van der Waals surface area (Å²) in [6, 6.07) is 6.44. The molecule has 0 unspecified atom stereocenters. The van der Waals surface area contributed by atoms with E-state index in [9.17, 15) is 31.5 Å². The van der Waals surface area contributed by atoms with Crippen molar-refractivity contribution < 1.29 is 45.8 Å². The van der Waals surface area contributed by atoms with Crippen LogP contribution in [0.5, 0.6) is 11.5 Å². The van der Waals surface area contributed by atoms with Crippen LogP contribution in [0.25, 0.3) is 10.9 Å². The zero-order chi connectivity index (χ0) is 25.4. The van der Waals surface area contributed by atoms with Crippen molar-refractivity contribution >= 4 is 23.0 Å². The summed E-state index contributed by atoms with van der Waals surface area (Å²) in [6.07, 6.45) is -1.46. The number of nitrogens with zero attached hydrogens (tertiary/aromatic N) is 1. The van der Waals surface area contributed by atoms with E-state index in [1.54, 1.807) is 45.0 Å². The van der Waals surface area contributed by atoms with Crippen molar-refractivity contribution in [1.29, 1.82) is 0 Å². The molecule has 0 bridgehead atoms. The Morgan fingerprint density at radius 1 is 0.912 bits per heavy atom. The van der Waals surface area contributed by atoms with E-state index in [-0.39, 0.29) is 12.1 Å². The number of hydrogen-bond donors (Lipinski definition) is 0. The smallest absolute Gasteiger partial charge is 0.419 e. The SMILES string of the molecule is COc1ccc2c(c1)cc(CCC(=O)Oc1c(F)c(F)c(F)c(F)c1F)n2C(=O)OC(C)(C)C. The molecule has 0 saturated heterocycles. The fourth-order valence-electron chi connectivity index (χ4n) is 3.15. The monoisotopic (exact) mass is 485 g/mol. The van der Waals surface area contributed by atoms with Gasteiger partial charge in [-0.25, -0.2) is 22.5 Å². The number of halogens is 5. The summed E-state index contributed by atoms with van der Waals surface area (Å²) in [5.74, 6) is -13.8. The van der Waals surface area contributed by atoms with Crippen molar-refractivity contribution in [2.45, 2.75) is 39.2 Å². The second-order valence-electron chi connectivity index (χ2n) is 8.25. The zero-order valence-electron chi connectivity index (χ0n) is 18.6. The van der Waals surface area contributed by atoms with Gasteiger partial charge in [-0.05, 0) is 51.5 Å². The first kappa shape index (κ1) is 25.0. The molecular weight excluding hydrogens is 465 g/mol. The molecule has 3 rings (SSSR count). The van der Waals surface area contributed by atoms with E-state index in [1.165, 1.54) is 11.7 Å². The molecule has 0 aliphatic rings. The highest BCUT2D eigenvalue weighted by Gasteiger charge is 2.29. The van der Waals surface area contributed by atoms with Crippen LogP contribution in [0.4, 0.5) is 26.7 Å². The quantitative estimate of drug-likeness (QED) is 0.153. The lowest BCUT2D eigenvalue weighted by Gasteiger charge is -2.21. The highest BCUT2D eigenvalue weighted by Crippen LogP contribution is 2.30. The van der Waals surface area contributed by atoms with Gasteiger partial charge < -0.3 is 14.2 Å². The largest absolute Gasteiger partial charge is 0.497 e. The van der Waals surface area contributed by atoms with Crippen LogP contribution in [-0.4, -0.2) is 29.3 Å². The van der Waals surface area contributed by atoms with Crippen molar-refractivity contribution in [2.24, 2.45) is 0 Å². The number of aryl methyl sites for hydroxylation is 1. The first-order valence-corrected chi connectivity index (χ1v) is 9.98. The van der Waals surface area contributed by atoms with Crippen molar-refractivity contribution in [2.75, 3.05) is 7.11 Å². The minimum Gasteiger partial charge on any atom is -0.497 e. The van der Waals surface area contributed by atoms with E-state index in [2.05, 4.69) is 4.74 Å². The fraction of sp³-hybridized carbons (Fsp3) is 0.304. The molecule has 1 aromatic heterocycles. The predicted octanol–water partition coefficient (Wildman–Crippen LogP) is 5.67. The third-order valence-electron chi connectivity index (χ3n) is 4.63. The molecule has 1 heterocycles. The number of carbonyl (C=O) groups excluding carboxylic acids is 2. The fourth-order valence-corrected chi connectivity index (χ4v) is 3.15. The molecule has 0 atom stereocenters. The standard InChI is InChI=1S/C23H20F5NO5/c1-23(2,3)34-22(31)29-12(9-11-10-13(32-4)6-7-14(11)29)5-8-15(30)33-21-19(27)17(25)16(24)18(26)20(21)28/h6-7,9-10H,5,8H2,1-4H3. The Bertz CT molecular complexity index is 1250. The highest BCUT2D eigenvalue weighted by molar-refractivity contribution is 5.92. The summed E-state index contributed by atoms with van der Waals surface area (Å²) in [4.78, 5) is 25.0. The molecule has 2 aromatic carbocycles. The highest BCUT2D eigenvalue weighted by atomic mass is 19.2. The average molecular weight is 485 g/mol. The summed E-state index contributed by atoms with van der Waals surface area (Å²) in [7, 11) is 1.46. The number of fused-ring (bicyclic) bond motifs is 1. The van der Waals surface area contributed by atoms with Gasteiger partial charge in [-0.1, -0.05) is 0 Å². The molecule has 3 aromatic rings. The third-order valence-corrected chi connectivity index (χ3v) is 4.63. The number of benzene rings is 2. The lowest BCUT2D eigenvalue weighted by atomic mass is 10.2. The van der Waals surface area contributed by atoms with Gasteiger partial charge >= 0.3 is 12.1 Å². The molecular formula is C23H20F5NO5. The average Bonchev–Trinajstić information content (AvgIpc) is 3.14. The Labute approximate surface area is 190 Å². The minimum atomic E-state index is -2.37. The van der Waals surface area contributed by atoms with Gasteiger partial charge in [0.1, 0.15) is 11.4 Å². The number of aromatic nitrogens is 1. The Balaban J connectivity index is 1.89. The van der Waals surface area contributed by atoms with Crippen LogP contribution in [0.3, 0.4) is 0 Å². The van der Waals surface area contributed by atoms with Gasteiger partial charge in [-0.15, -0.1) is 0 Å². The second-order valence-corrected chi connectivity index (χ2v) is 8.25. The lowest BCUT2D eigenvalue weighted by Crippen LogP contribution is -2.28. The van der Waals surface area contributed by atoms with Crippen LogP contribution in [0.2, 0.25) is 0 Å². The molecule has 0 aliphatic heterocycles. The summed E-state index contributed by atoms with van der Waals surface area (Å²) < 4.78 is 83.7. The number of esters is 1. The molecule has 34 heavy (non-hydrogen) atoms. The molecule has 0 spiro atoms. The predicted molar refractivity (Wildman–Crippen MR) is 110 cm³/mol. The Hall–Kier alpha value is -3.63. The van der Waals surface area contributed by atoms with Gasteiger partial charge in [0, 0.05) is 11.1 Å². The van der Waals surface area contributed by atoms with Gasteiger partial charge in [0.2, 0.25) is 34.8 Å². The van der Waals surface area contributed by atoms with Crippen LogP contribution in [0, 0.1) is 29.1 Å². The van der Waals surface area contributed by atoms with Crippen molar-refractivity contribution in [3.05, 3.63) is 59.0 Å². The van der Waals surface area contributed by atoms with Crippen LogP contribution < -0.4 is 9.47 Å². The molecule has 0 saturated carbocycles. The molecule has 0 N–H and O–H groups in total. The van der Waals surface area contributed by atoms with E-state index >= 15 is 0 Å². The first-order valence-electron chi connectivity index (χ1n) is 9.98. The summed E-state index contributed by atoms with van der Waals surface area (Å²) in [5.41, 5.74) is -0.104. The summed E-state index contributed by atoms with van der Waals surface area (Å²) in [6.45, 7) is 5.00. The molecule has 0 radical (unpaired) electrons. The molecule has 11 heteroatoms. The molecule has 0 fully saturated rings. The van der Waals surface area contributed by atoms with E-state index in [0.717, 1.165) is 0 Å². The number of hydrogen-bond acceptors (Lipinski definition) is 5. The maximum atomic E-state index is 13.8. The van der Waals surface area contributed by atoms with Crippen LogP contribution in [0.1, 0.15) is 32.9 Å². The molecule has 182 valence electrons. The van der Waals surface area contributed by atoms with Gasteiger partial charge in [-0.3, -0.25) is 4.79 Å². The van der Waals surface area contributed by atoms with E-state index in [1.807, 2.05) is 0 Å². The van der Waals surface area contributed by atoms with Gasteiger partial charge in [-0.2, -0.15) is 8.78 Å². The maximum Gasteiger partial charge on any atom is 0.419 e. The van der Waals surface area contributed by atoms with Crippen molar-refractivity contribution in [1.82, 2.24) is 4.57 Å². The van der Waals surface area contributed by atoms with Crippen LogP contribution in [-0.2, 0) is 16.0 Å². The number of rotatable bonds is 5. The first-order chi connectivity index (χ1) is 15.8. The van der Waals surface area contributed by atoms with E-state index in [0.29, 0.717) is 16.7 Å². The van der Waals surface area contributed by atoms with Gasteiger partial charge in [0.05, 0.1) is 19.0 Å². The van der Waals surface area contributed by atoms with Crippen molar-refractivity contribution in [3.63, 3.8) is 0 Å².